The Labute approximate surface area is 178 Å². The number of hydrogen-bond acceptors (Lipinski definition) is 7. The van der Waals surface area contributed by atoms with E-state index in [2.05, 4.69) is 15.5 Å². The number of amides is 3. The summed E-state index contributed by atoms with van der Waals surface area (Å²) < 4.78 is 5.36. The van der Waals surface area contributed by atoms with Gasteiger partial charge in [0.2, 0.25) is 11.8 Å². The third-order valence-corrected chi connectivity index (χ3v) is 5.17. The zero-order chi connectivity index (χ0) is 22.4. The monoisotopic (exact) mass is 430 g/mol. The lowest BCUT2D eigenvalue weighted by Gasteiger charge is -2.24. The first kappa shape index (κ1) is 22.2. The molecule has 3 amide bonds. The number of nitrogens with zero attached hydrogens (tertiary/aromatic N) is 3. The second-order valence-corrected chi connectivity index (χ2v) is 7.48. The molecular weight excluding hydrogens is 404 g/mol. The molecule has 1 aliphatic heterocycles. The van der Waals surface area contributed by atoms with E-state index in [0.29, 0.717) is 25.8 Å². The summed E-state index contributed by atoms with van der Waals surface area (Å²) in [7, 11) is 0. The minimum absolute atomic E-state index is 0.0841. The summed E-state index contributed by atoms with van der Waals surface area (Å²) in [6, 6.07) is 6.70. The number of nitrogens with one attached hydrogen (secondary N) is 1. The van der Waals surface area contributed by atoms with Crippen molar-refractivity contribution in [2.75, 3.05) is 6.54 Å². The maximum absolute atomic E-state index is 12.8. The molecule has 0 saturated carbocycles. The molecule has 11 nitrogen and oxygen atoms in total. The van der Waals surface area contributed by atoms with Gasteiger partial charge in [0.15, 0.2) is 5.82 Å². The molecule has 2 heterocycles. The Morgan fingerprint density at radius 1 is 1.29 bits per heavy atom. The fourth-order valence-electron chi connectivity index (χ4n) is 3.51. The summed E-state index contributed by atoms with van der Waals surface area (Å²) in [6.07, 6.45) is 1.73. The zero-order valence-electron chi connectivity index (χ0n) is 16.9. The van der Waals surface area contributed by atoms with Crippen molar-refractivity contribution in [3.8, 4) is 0 Å². The van der Waals surface area contributed by atoms with Crippen LogP contribution in [0.4, 0.5) is 4.79 Å². The van der Waals surface area contributed by atoms with E-state index in [9.17, 15) is 19.5 Å². The Morgan fingerprint density at radius 3 is 2.71 bits per heavy atom. The topological polar surface area (TPSA) is 178 Å². The molecule has 166 valence electrons. The van der Waals surface area contributed by atoms with E-state index in [-0.39, 0.29) is 24.6 Å². The standard InChI is InChI=1S/C20H26N6O5/c21-13(8-9-16(22)27)17-24-18(31-25-17)14(11-12-5-2-1-3-6-12)23-20(30)26-10-4-7-15(26)19(28)29/h1-3,5-6,13-15H,4,7-11,21H2,(H2,22,27)(H,23,30)(H,28,29)/t13-,14-,15+/m0/s1. The van der Waals surface area contributed by atoms with Crippen LogP contribution >= 0.6 is 0 Å². The predicted octanol–water partition coefficient (Wildman–Crippen LogP) is 0.877. The molecule has 0 unspecified atom stereocenters. The maximum Gasteiger partial charge on any atom is 0.326 e. The Bertz CT molecular complexity index is 918. The van der Waals surface area contributed by atoms with Gasteiger partial charge in [0, 0.05) is 19.4 Å². The van der Waals surface area contributed by atoms with Gasteiger partial charge in [-0.25, -0.2) is 9.59 Å². The fraction of sp³-hybridized carbons (Fsp3) is 0.450. The van der Waals surface area contributed by atoms with Gasteiger partial charge in [-0.3, -0.25) is 4.79 Å². The molecule has 31 heavy (non-hydrogen) atoms. The van der Waals surface area contributed by atoms with Crippen molar-refractivity contribution in [1.29, 1.82) is 0 Å². The van der Waals surface area contributed by atoms with Crippen LogP contribution in [0.25, 0.3) is 0 Å². The van der Waals surface area contributed by atoms with Crippen molar-refractivity contribution < 1.29 is 24.0 Å². The summed E-state index contributed by atoms with van der Waals surface area (Å²) in [4.78, 5) is 40.9. The summed E-state index contributed by atoms with van der Waals surface area (Å²) in [5, 5.41) is 16.1. The van der Waals surface area contributed by atoms with Gasteiger partial charge in [0.25, 0.3) is 0 Å². The van der Waals surface area contributed by atoms with Gasteiger partial charge in [0.1, 0.15) is 12.1 Å². The Kier molecular flexibility index (Phi) is 7.19. The SMILES string of the molecule is NC(=O)CC[C@H](N)c1noc([C@H](Cc2ccccc2)NC(=O)N2CCC[C@@H]2C(=O)O)n1. The second kappa shape index (κ2) is 10.0. The first-order chi connectivity index (χ1) is 14.8. The van der Waals surface area contributed by atoms with E-state index in [1.807, 2.05) is 30.3 Å². The van der Waals surface area contributed by atoms with E-state index in [0.717, 1.165) is 5.56 Å². The molecule has 1 aliphatic rings. The normalized spacial score (nSPS) is 17.8. The largest absolute Gasteiger partial charge is 0.480 e. The lowest BCUT2D eigenvalue weighted by atomic mass is 10.1. The summed E-state index contributed by atoms with van der Waals surface area (Å²) >= 11 is 0. The number of primary amides is 1. The summed E-state index contributed by atoms with van der Waals surface area (Å²) in [6.45, 7) is 0.355. The molecule has 3 rings (SSSR count). The van der Waals surface area contributed by atoms with Crippen molar-refractivity contribution >= 4 is 17.9 Å². The number of aliphatic carboxylic acids is 1. The fourth-order valence-corrected chi connectivity index (χ4v) is 3.51. The highest BCUT2D eigenvalue weighted by atomic mass is 16.5. The van der Waals surface area contributed by atoms with Gasteiger partial charge < -0.3 is 31.3 Å². The minimum atomic E-state index is -1.03. The average Bonchev–Trinajstić information content (AvgIpc) is 3.42. The van der Waals surface area contributed by atoms with Crippen LogP contribution in [0.1, 0.15) is 55.0 Å². The van der Waals surface area contributed by atoms with Crippen molar-refractivity contribution in [3.05, 3.63) is 47.6 Å². The van der Waals surface area contributed by atoms with Gasteiger partial charge in [-0.1, -0.05) is 35.5 Å². The van der Waals surface area contributed by atoms with E-state index in [4.69, 9.17) is 16.0 Å². The smallest absolute Gasteiger partial charge is 0.326 e. The van der Waals surface area contributed by atoms with Crippen LogP contribution in [-0.4, -0.2) is 50.6 Å². The molecule has 0 bridgehead atoms. The number of urea groups is 1. The van der Waals surface area contributed by atoms with Gasteiger partial charge in [-0.15, -0.1) is 0 Å². The minimum Gasteiger partial charge on any atom is -0.480 e. The highest BCUT2D eigenvalue weighted by Gasteiger charge is 2.35. The number of carbonyl (C=O) groups is 3. The highest BCUT2D eigenvalue weighted by molar-refractivity contribution is 5.83. The van der Waals surface area contributed by atoms with Gasteiger partial charge in [-0.05, 0) is 24.8 Å². The molecule has 2 aromatic rings. The number of benzene rings is 1. The zero-order valence-corrected chi connectivity index (χ0v) is 16.9. The van der Waals surface area contributed by atoms with Gasteiger partial charge in [-0.2, -0.15) is 4.98 Å². The van der Waals surface area contributed by atoms with E-state index < -0.39 is 36.0 Å². The number of carbonyl (C=O) groups excluding carboxylic acids is 2. The van der Waals surface area contributed by atoms with Crippen LogP contribution in [0.5, 0.6) is 0 Å². The molecule has 1 saturated heterocycles. The second-order valence-electron chi connectivity index (χ2n) is 7.48. The first-order valence-electron chi connectivity index (χ1n) is 10.1. The summed E-state index contributed by atoms with van der Waals surface area (Å²) in [5.41, 5.74) is 12.1. The average molecular weight is 430 g/mol. The number of likely N-dealkylation sites (tertiary alicyclic amines) is 1. The molecule has 1 aromatic heterocycles. The quantitative estimate of drug-likeness (QED) is 0.453. The predicted molar refractivity (Wildman–Crippen MR) is 108 cm³/mol. The third kappa shape index (κ3) is 5.79. The molecule has 1 fully saturated rings. The van der Waals surface area contributed by atoms with Crippen molar-refractivity contribution in [1.82, 2.24) is 20.4 Å². The van der Waals surface area contributed by atoms with Crippen LogP contribution in [0, 0.1) is 0 Å². The van der Waals surface area contributed by atoms with E-state index >= 15 is 0 Å². The van der Waals surface area contributed by atoms with E-state index in [1.54, 1.807) is 0 Å². The summed E-state index contributed by atoms with van der Waals surface area (Å²) in [5.74, 6) is -1.17. The van der Waals surface area contributed by atoms with Gasteiger partial charge >= 0.3 is 12.0 Å². The Balaban J connectivity index is 1.78. The van der Waals surface area contributed by atoms with Crippen molar-refractivity contribution in [3.63, 3.8) is 0 Å². The molecule has 3 atom stereocenters. The maximum atomic E-state index is 12.8. The molecule has 1 aromatic carbocycles. The van der Waals surface area contributed by atoms with Crippen LogP contribution in [0.3, 0.4) is 0 Å². The van der Waals surface area contributed by atoms with Crippen molar-refractivity contribution in [2.24, 2.45) is 11.5 Å². The number of carboxylic acid groups (broad SMARTS) is 1. The Hall–Kier alpha value is -3.47. The lowest BCUT2D eigenvalue weighted by Crippen LogP contribution is -2.47. The lowest BCUT2D eigenvalue weighted by molar-refractivity contribution is -0.141. The molecule has 0 spiro atoms. The Morgan fingerprint density at radius 2 is 2.03 bits per heavy atom. The van der Waals surface area contributed by atoms with Crippen LogP contribution in [0.15, 0.2) is 34.9 Å². The van der Waals surface area contributed by atoms with Crippen molar-refractivity contribution in [2.45, 2.75) is 50.2 Å². The number of rotatable bonds is 9. The molecule has 0 radical (unpaired) electrons. The number of aromatic nitrogens is 2. The van der Waals surface area contributed by atoms with Crippen LogP contribution in [0.2, 0.25) is 0 Å². The molecular formula is C20H26N6O5. The van der Waals surface area contributed by atoms with Crippen LogP contribution < -0.4 is 16.8 Å². The highest BCUT2D eigenvalue weighted by Crippen LogP contribution is 2.23. The number of nitrogens with two attached hydrogens (primary N) is 2. The molecule has 0 aliphatic carbocycles. The van der Waals surface area contributed by atoms with Crippen LogP contribution in [-0.2, 0) is 16.0 Å². The van der Waals surface area contributed by atoms with E-state index in [1.165, 1.54) is 4.90 Å². The number of carboxylic acids is 1. The third-order valence-electron chi connectivity index (χ3n) is 5.17. The number of hydrogen-bond donors (Lipinski definition) is 4. The molecule has 6 N–H and O–H groups in total. The molecule has 11 heteroatoms. The first-order valence-corrected chi connectivity index (χ1v) is 10.1. The van der Waals surface area contributed by atoms with Gasteiger partial charge in [0.05, 0.1) is 6.04 Å².